The first-order valence-corrected chi connectivity index (χ1v) is 6.92. The Morgan fingerprint density at radius 3 is 2.65 bits per heavy atom. The molecule has 2 aromatic heterocycles. The molecule has 0 atom stereocenters. The maximum Gasteiger partial charge on any atom is 0.135 e. The molecule has 0 fully saturated rings. The van der Waals surface area contributed by atoms with E-state index in [9.17, 15) is 0 Å². The Morgan fingerprint density at radius 2 is 2.00 bits per heavy atom. The van der Waals surface area contributed by atoms with Crippen molar-refractivity contribution in [3.63, 3.8) is 0 Å². The van der Waals surface area contributed by atoms with Crippen LogP contribution in [0.1, 0.15) is 30.3 Å². The summed E-state index contributed by atoms with van der Waals surface area (Å²) in [7, 11) is 1.88. The standard InChI is InChI=1S/C15H21N5/c1-4-6-13-19-14(16-3)11(2)15(20-13)18-10-12-7-5-8-17-9-12/h5,7-9H,4,6,10H2,1-3H3,(H2,16,18,19,20). The third-order valence-corrected chi connectivity index (χ3v) is 3.09. The summed E-state index contributed by atoms with van der Waals surface area (Å²) >= 11 is 0. The van der Waals surface area contributed by atoms with Crippen molar-refractivity contribution in [1.82, 2.24) is 15.0 Å². The predicted molar refractivity (Wildman–Crippen MR) is 81.9 cm³/mol. The largest absolute Gasteiger partial charge is 0.373 e. The van der Waals surface area contributed by atoms with E-state index in [-0.39, 0.29) is 0 Å². The van der Waals surface area contributed by atoms with Gasteiger partial charge in [0.05, 0.1) is 0 Å². The van der Waals surface area contributed by atoms with Crippen molar-refractivity contribution in [1.29, 1.82) is 0 Å². The summed E-state index contributed by atoms with van der Waals surface area (Å²) in [5, 5.41) is 6.50. The molecular formula is C15H21N5. The van der Waals surface area contributed by atoms with Gasteiger partial charge in [-0.1, -0.05) is 13.0 Å². The van der Waals surface area contributed by atoms with Gasteiger partial charge in [0.25, 0.3) is 0 Å². The second kappa shape index (κ2) is 6.84. The van der Waals surface area contributed by atoms with Gasteiger partial charge in [0, 0.05) is 38.0 Å². The molecule has 0 aromatic carbocycles. The Balaban J connectivity index is 2.19. The van der Waals surface area contributed by atoms with Crippen LogP contribution in [0, 0.1) is 6.92 Å². The normalized spacial score (nSPS) is 10.3. The number of aryl methyl sites for hydroxylation is 1. The fourth-order valence-corrected chi connectivity index (χ4v) is 2.00. The van der Waals surface area contributed by atoms with Crippen LogP contribution in [0.4, 0.5) is 11.6 Å². The summed E-state index contributed by atoms with van der Waals surface area (Å²) in [6.45, 7) is 4.86. The summed E-state index contributed by atoms with van der Waals surface area (Å²) in [6, 6.07) is 3.98. The molecule has 0 aliphatic rings. The van der Waals surface area contributed by atoms with Crippen molar-refractivity contribution in [3.8, 4) is 0 Å². The minimum atomic E-state index is 0.709. The molecule has 0 radical (unpaired) electrons. The Hall–Kier alpha value is -2.17. The zero-order valence-corrected chi connectivity index (χ0v) is 12.3. The Kier molecular flexibility index (Phi) is 4.87. The third kappa shape index (κ3) is 3.44. The molecule has 2 rings (SSSR count). The second-order valence-electron chi connectivity index (χ2n) is 4.68. The third-order valence-electron chi connectivity index (χ3n) is 3.09. The van der Waals surface area contributed by atoms with E-state index in [1.54, 1.807) is 6.20 Å². The van der Waals surface area contributed by atoms with Gasteiger partial charge in [0.15, 0.2) is 0 Å². The highest BCUT2D eigenvalue weighted by atomic mass is 15.1. The molecular weight excluding hydrogens is 250 g/mol. The summed E-state index contributed by atoms with van der Waals surface area (Å²) in [5.74, 6) is 2.64. The quantitative estimate of drug-likeness (QED) is 0.846. The first-order chi connectivity index (χ1) is 9.74. The summed E-state index contributed by atoms with van der Waals surface area (Å²) < 4.78 is 0. The van der Waals surface area contributed by atoms with Crippen LogP contribution in [0.2, 0.25) is 0 Å². The molecule has 0 saturated heterocycles. The maximum absolute atomic E-state index is 4.60. The maximum atomic E-state index is 4.60. The highest BCUT2D eigenvalue weighted by molar-refractivity contribution is 5.57. The zero-order chi connectivity index (χ0) is 14.4. The molecule has 5 heteroatoms. The van der Waals surface area contributed by atoms with Gasteiger partial charge in [-0.2, -0.15) is 0 Å². The lowest BCUT2D eigenvalue weighted by Crippen LogP contribution is -2.09. The molecule has 20 heavy (non-hydrogen) atoms. The molecule has 0 bridgehead atoms. The van der Waals surface area contributed by atoms with Crippen LogP contribution in [0.3, 0.4) is 0 Å². The van der Waals surface area contributed by atoms with Gasteiger partial charge in [-0.25, -0.2) is 9.97 Å². The van der Waals surface area contributed by atoms with E-state index in [1.807, 2.05) is 32.3 Å². The minimum Gasteiger partial charge on any atom is -0.373 e. The second-order valence-corrected chi connectivity index (χ2v) is 4.68. The molecule has 2 heterocycles. The number of hydrogen-bond donors (Lipinski definition) is 2. The molecule has 0 aliphatic heterocycles. The van der Waals surface area contributed by atoms with Crippen LogP contribution in [0.5, 0.6) is 0 Å². The highest BCUT2D eigenvalue weighted by Gasteiger charge is 2.09. The first kappa shape index (κ1) is 14.2. The van der Waals surface area contributed by atoms with Gasteiger partial charge >= 0.3 is 0 Å². The van der Waals surface area contributed by atoms with Gasteiger partial charge in [0.2, 0.25) is 0 Å². The minimum absolute atomic E-state index is 0.709. The number of rotatable bonds is 6. The Morgan fingerprint density at radius 1 is 1.20 bits per heavy atom. The number of nitrogens with zero attached hydrogens (tertiary/aromatic N) is 3. The molecule has 0 unspecified atom stereocenters. The van der Waals surface area contributed by atoms with E-state index in [0.29, 0.717) is 6.54 Å². The van der Waals surface area contributed by atoms with Gasteiger partial charge in [-0.05, 0) is 25.0 Å². The lowest BCUT2D eigenvalue weighted by molar-refractivity contribution is 0.831. The number of pyridine rings is 1. The van der Waals surface area contributed by atoms with Crippen LogP contribution < -0.4 is 10.6 Å². The van der Waals surface area contributed by atoms with Crippen molar-refractivity contribution in [2.75, 3.05) is 17.7 Å². The smallest absolute Gasteiger partial charge is 0.135 e. The molecule has 106 valence electrons. The van der Waals surface area contributed by atoms with E-state index in [1.165, 1.54) is 0 Å². The first-order valence-electron chi connectivity index (χ1n) is 6.92. The SMILES string of the molecule is CCCc1nc(NC)c(C)c(NCc2cccnc2)n1. The molecule has 0 spiro atoms. The fourth-order valence-electron chi connectivity index (χ4n) is 2.00. The van der Waals surface area contributed by atoms with Crippen molar-refractivity contribution in [2.24, 2.45) is 0 Å². The highest BCUT2D eigenvalue weighted by Crippen LogP contribution is 2.20. The topological polar surface area (TPSA) is 62.7 Å². The van der Waals surface area contributed by atoms with Crippen LogP contribution in [-0.4, -0.2) is 22.0 Å². The fraction of sp³-hybridized carbons (Fsp3) is 0.400. The summed E-state index contributed by atoms with van der Waals surface area (Å²) in [6.07, 6.45) is 5.55. The number of hydrogen-bond acceptors (Lipinski definition) is 5. The molecule has 5 nitrogen and oxygen atoms in total. The van der Waals surface area contributed by atoms with Gasteiger partial charge in [-0.15, -0.1) is 0 Å². The van der Waals surface area contributed by atoms with E-state index in [4.69, 9.17) is 0 Å². The van der Waals surface area contributed by atoms with Crippen LogP contribution in [0.25, 0.3) is 0 Å². The monoisotopic (exact) mass is 271 g/mol. The van der Waals surface area contributed by atoms with E-state index < -0.39 is 0 Å². The van der Waals surface area contributed by atoms with Gasteiger partial charge in [-0.3, -0.25) is 4.98 Å². The number of aromatic nitrogens is 3. The molecule has 2 aromatic rings. The lowest BCUT2D eigenvalue weighted by atomic mass is 10.2. The van der Waals surface area contributed by atoms with Gasteiger partial charge in [0.1, 0.15) is 17.5 Å². The van der Waals surface area contributed by atoms with Crippen LogP contribution in [-0.2, 0) is 13.0 Å². The van der Waals surface area contributed by atoms with Crippen LogP contribution in [0.15, 0.2) is 24.5 Å². The van der Waals surface area contributed by atoms with E-state index in [0.717, 1.165) is 41.4 Å². The number of nitrogens with one attached hydrogen (secondary N) is 2. The Labute approximate surface area is 119 Å². The number of anilines is 2. The van der Waals surface area contributed by atoms with Gasteiger partial charge < -0.3 is 10.6 Å². The average molecular weight is 271 g/mol. The van der Waals surface area contributed by atoms with E-state index in [2.05, 4.69) is 32.5 Å². The average Bonchev–Trinajstić information content (AvgIpc) is 2.48. The molecule has 0 amide bonds. The van der Waals surface area contributed by atoms with E-state index >= 15 is 0 Å². The zero-order valence-electron chi connectivity index (χ0n) is 12.3. The van der Waals surface area contributed by atoms with Crippen molar-refractivity contribution in [2.45, 2.75) is 33.2 Å². The predicted octanol–water partition coefficient (Wildman–Crippen LogP) is 2.79. The molecule has 0 aliphatic carbocycles. The van der Waals surface area contributed by atoms with Crippen molar-refractivity contribution >= 4 is 11.6 Å². The van der Waals surface area contributed by atoms with Crippen molar-refractivity contribution in [3.05, 3.63) is 41.5 Å². The Bertz CT molecular complexity index is 554. The lowest BCUT2D eigenvalue weighted by Gasteiger charge is -2.13. The summed E-state index contributed by atoms with van der Waals surface area (Å²) in [4.78, 5) is 13.2. The summed E-state index contributed by atoms with van der Waals surface area (Å²) in [5.41, 5.74) is 2.17. The van der Waals surface area contributed by atoms with Crippen molar-refractivity contribution < 1.29 is 0 Å². The van der Waals surface area contributed by atoms with Crippen LogP contribution >= 0.6 is 0 Å². The molecule has 2 N–H and O–H groups in total. The molecule has 0 saturated carbocycles.